The molecule has 3 aromatic carbocycles. The fraction of sp³-hybridized carbons (Fsp3) is 0.406. The van der Waals surface area contributed by atoms with Crippen LogP contribution in [0.1, 0.15) is 21.5 Å². The van der Waals surface area contributed by atoms with E-state index >= 15 is 0 Å². The summed E-state index contributed by atoms with van der Waals surface area (Å²) in [5.41, 5.74) is 5.69. The van der Waals surface area contributed by atoms with Crippen LogP contribution < -0.4 is 19.9 Å². The Morgan fingerprint density at radius 1 is 0.821 bits per heavy atom. The number of likely N-dealkylation sites (N-methyl/N-ethyl adjacent to an activating group) is 1. The highest BCUT2D eigenvalue weighted by Gasteiger charge is 2.27. The molecule has 0 saturated carbocycles. The molecule has 0 aliphatic carbocycles. The van der Waals surface area contributed by atoms with Gasteiger partial charge in [0.25, 0.3) is 5.91 Å². The number of fused-ring (bicyclic) bond motifs is 1. The van der Waals surface area contributed by atoms with E-state index in [2.05, 4.69) is 86.6 Å². The molecule has 7 heteroatoms. The molecule has 1 amide bonds. The Morgan fingerprint density at radius 2 is 1.54 bits per heavy atom. The molecule has 0 spiro atoms. The third-order valence-corrected chi connectivity index (χ3v) is 8.29. The van der Waals surface area contributed by atoms with E-state index in [0.29, 0.717) is 12.2 Å². The van der Waals surface area contributed by atoms with Crippen LogP contribution in [0.5, 0.6) is 5.75 Å². The number of anilines is 2. The lowest BCUT2D eigenvalue weighted by Crippen LogP contribution is -2.46. The molecule has 3 aliphatic rings. The Bertz CT molecular complexity index is 1250. The molecule has 0 unspecified atom stereocenters. The summed E-state index contributed by atoms with van der Waals surface area (Å²) in [4.78, 5) is 22.9. The highest BCUT2D eigenvalue weighted by Crippen LogP contribution is 2.34. The van der Waals surface area contributed by atoms with Crippen LogP contribution >= 0.6 is 0 Å². The summed E-state index contributed by atoms with van der Waals surface area (Å²) in [6.45, 7) is 9.70. The van der Waals surface area contributed by atoms with Gasteiger partial charge in [0.1, 0.15) is 12.4 Å². The van der Waals surface area contributed by atoms with E-state index < -0.39 is 0 Å². The van der Waals surface area contributed by atoms with Gasteiger partial charge in [-0.2, -0.15) is 0 Å². The number of hydrogen-bond donors (Lipinski definition) is 1. The Hall–Kier alpha value is -3.55. The average Bonchev–Trinajstić information content (AvgIpc) is 2.98. The molecule has 3 heterocycles. The van der Waals surface area contributed by atoms with E-state index in [-0.39, 0.29) is 11.9 Å². The number of carbonyl (C=O) groups is 1. The molecule has 0 aromatic heterocycles. The molecule has 3 aromatic rings. The number of carbonyl (C=O) groups excluding carboxylic acids is 1. The van der Waals surface area contributed by atoms with Crippen molar-refractivity contribution in [3.8, 4) is 5.75 Å². The van der Waals surface area contributed by atoms with Crippen LogP contribution in [0, 0.1) is 0 Å². The minimum Gasteiger partial charge on any atom is -0.491 e. The zero-order valence-corrected chi connectivity index (χ0v) is 22.9. The van der Waals surface area contributed by atoms with Crippen LogP contribution in [0.2, 0.25) is 0 Å². The van der Waals surface area contributed by atoms with Crippen molar-refractivity contribution in [3.63, 3.8) is 0 Å². The number of piperazine rings is 2. The van der Waals surface area contributed by atoms with Crippen LogP contribution in [0.4, 0.5) is 11.4 Å². The van der Waals surface area contributed by atoms with Gasteiger partial charge in [-0.25, -0.2) is 0 Å². The van der Waals surface area contributed by atoms with Crippen LogP contribution in [0.15, 0.2) is 72.8 Å². The molecular weight excluding hydrogens is 486 g/mol. The lowest BCUT2D eigenvalue weighted by atomic mass is 9.99. The van der Waals surface area contributed by atoms with E-state index in [1.807, 2.05) is 18.2 Å². The lowest BCUT2D eigenvalue weighted by Gasteiger charge is -2.37. The summed E-state index contributed by atoms with van der Waals surface area (Å²) >= 11 is 0. The fourth-order valence-corrected chi connectivity index (χ4v) is 5.92. The summed E-state index contributed by atoms with van der Waals surface area (Å²) < 4.78 is 6.11. The summed E-state index contributed by atoms with van der Waals surface area (Å²) in [5, 5.41) is 3.23. The fourth-order valence-electron chi connectivity index (χ4n) is 5.92. The first-order valence-corrected chi connectivity index (χ1v) is 14.2. The minimum absolute atomic E-state index is 0.0386. The third kappa shape index (κ3) is 6.05. The van der Waals surface area contributed by atoms with Gasteiger partial charge in [0.05, 0.1) is 6.04 Å². The molecule has 2 saturated heterocycles. The van der Waals surface area contributed by atoms with Crippen LogP contribution in [-0.4, -0.2) is 87.8 Å². The average molecular weight is 526 g/mol. The smallest absolute Gasteiger partial charge is 0.251 e. The van der Waals surface area contributed by atoms with Gasteiger partial charge in [0.2, 0.25) is 0 Å². The number of amides is 1. The second kappa shape index (κ2) is 11.7. The summed E-state index contributed by atoms with van der Waals surface area (Å²) in [7, 11) is 2.17. The van der Waals surface area contributed by atoms with E-state index in [0.717, 1.165) is 71.1 Å². The molecule has 1 N–H and O–H groups in total. The molecule has 2 fully saturated rings. The largest absolute Gasteiger partial charge is 0.491 e. The van der Waals surface area contributed by atoms with Crippen molar-refractivity contribution in [1.82, 2.24) is 15.1 Å². The predicted octanol–water partition coefficient (Wildman–Crippen LogP) is 3.49. The second-order valence-electron chi connectivity index (χ2n) is 11.0. The summed E-state index contributed by atoms with van der Waals surface area (Å²) in [5.74, 6) is 0.911. The molecule has 204 valence electrons. The van der Waals surface area contributed by atoms with Crippen molar-refractivity contribution < 1.29 is 9.53 Å². The molecule has 1 atom stereocenters. The van der Waals surface area contributed by atoms with Crippen molar-refractivity contribution in [2.45, 2.75) is 19.0 Å². The van der Waals surface area contributed by atoms with Crippen molar-refractivity contribution >= 4 is 17.3 Å². The first-order valence-electron chi connectivity index (χ1n) is 14.2. The van der Waals surface area contributed by atoms with Crippen LogP contribution in [-0.2, 0) is 13.0 Å². The Kier molecular flexibility index (Phi) is 7.70. The van der Waals surface area contributed by atoms with Gasteiger partial charge >= 0.3 is 0 Å². The number of hydrogen-bond acceptors (Lipinski definition) is 6. The Morgan fingerprint density at radius 3 is 2.28 bits per heavy atom. The minimum atomic E-state index is -0.0454. The topological polar surface area (TPSA) is 51.3 Å². The Labute approximate surface area is 232 Å². The van der Waals surface area contributed by atoms with Gasteiger partial charge in [0, 0.05) is 87.8 Å². The van der Waals surface area contributed by atoms with E-state index in [9.17, 15) is 4.79 Å². The SMILES string of the molecule is CN1CCN(c2cccc3c2C[C@H](NC(=O)c2ccc(N4CCN(Cc5ccccc5)CC4)cc2)CO3)CC1. The van der Waals surface area contributed by atoms with Gasteiger partial charge in [-0.3, -0.25) is 9.69 Å². The van der Waals surface area contributed by atoms with Gasteiger partial charge < -0.3 is 24.8 Å². The second-order valence-corrected chi connectivity index (χ2v) is 11.0. The highest BCUT2D eigenvalue weighted by molar-refractivity contribution is 5.94. The number of nitrogens with one attached hydrogen (secondary N) is 1. The standard InChI is InChI=1S/C32H39N5O2/c1-34-14-18-37(19-15-34)30-8-5-9-31-29(30)22-27(24-39-31)33-32(38)26-10-12-28(13-11-26)36-20-16-35(17-21-36)23-25-6-3-2-4-7-25/h2-13,27H,14-24H2,1H3,(H,33,38)/t27-/m0/s1. The molecule has 6 rings (SSSR count). The maximum atomic E-state index is 13.1. The summed E-state index contributed by atoms with van der Waals surface area (Å²) in [6, 6.07) is 25.0. The normalized spacial score (nSPS) is 20.3. The number of ether oxygens (including phenoxy) is 1. The molecule has 0 radical (unpaired) electrons. The first kappa shape index (κ1) is 25.7. The number of benzene rings is 3. The predicted molar refractivity (Wildman–Crippen MR) is 157 cm³/mol. The molecule has 7 nitrogen and oxygen atoms in total. The number of rotatable bonds is 6. The van der Waals surface area contributed by atoms with Crippen molar-refractivity contribution in [2.75, 3.05) is 75.8 Å². The summed E-state index contributed by atoms with van der Waals surface area (Å²) in [6.07, 6.45) is 0.787. The maximum absolute atomic E-state index is 13.1. The molecule has 0 bridgehead atoms. The number of nitrogens with zero attached hydrogens (tertiary/aromatic N) is 4. The zero-order valence-electron chi connectivity index (χ0n) is 22.9. The highest BCUT2D eigenvalue weighted by atomic mass is 16.5. The zero-order chi connectivity index (χ0) is 26.6. The molecule has 39 heavy (non-hydrogen) atoms. The lowest BCUT2D eigenvalue weighted by molar-refractivity contribution is 0.0915. The van der Waals surface area contributed by atoms with Crippen molar-refractivity contribution in [3.05, 3.63) is 89.5 Å². The maximum Gasteiger partial charge on any atom is 0.251 e. The van der Waals surface area contributed by atoms with Crippen molar-refractivity contribution in [2.24, 2.45) is 0 Å². The van der Waals surface area contributed by atoms with Gasteiger partial charge in [-0.15, -0.1) is 0 Å². The van der Waals surface area contributed by atoms with E-state index in [4.69, 9.17) is 4.74 Å². The first-order chi connectivity index (χ1) is 19.1. The van der Waals surface area contributed by atoms with Crippen LogP contribution in [0.3, 0.4) is 0 Å². The quantitative estimate of drug-likeness (QED) is 0.532. The molecular formula is C32H39N5O2. The van der Waals surface area contributed by atoms with Gasteiger partial charge in [0.15, 0.2) is 0 Å². The monoisotopic (exact) mass is 525 g/mol. The Balaban J connectivity index is 1.03. The third-order valence-electron chi connectivity index (χ3n) is 8.29. The van der Waals surface area contributed by atoms with Gasteiger partial charge in [-0.1, -0.05) is 36.4 Å². The van der Waals surface area contributed by atoms with Crippen molar-refractivity contribution in [1.29, 1.82) is 0 Å². The van der Waals surface area contributed by atoms with E-state index in [1.54, 1.807) is 0 Å². The van der Waals surface area contributed by atoms with E-state index in [1.165, 1.54) is 22.5 Å². The van der Waals surface area contributed by atoms with Gasteiger partial charge in [-0.05, 0) is 49.0 Å². The molecule has 3 aliphatic heterocycles. The van der Waals surface area contributed by atoms with Crippen LogP contribution in [0.25, 0.3) is 0 Å².